The number of thioether (sulfide) groups is 1. The van der Waals surface area contributed by atoms with E-state index >= 15 is 0 Å². The number of benzene rings is 1. The number of hydrogen-bond acceptors (Lipinski definition) is 7. The monoisotopic (exact) mass is 497 g/mol. The number of aryl methyl sites for hydroxylation is 1. The Morgan fingerprint density at radius 1 is 1.09 bits per heavy atom. The molecule has 1 aliphatic heterocycles. The molecule has 0 spiro atoms. The summed E-state index contributed by atoms with van der Waals surface area (Å²) in [6.07, 6.45) is 0. The van der Waals surface area contributed by atoms with Crippen LogP contribution in [0.3, 0.4) is 0 Å². The van der Waals surface area contributed by atoms with Gasteiger partial charge in [0.05, 0.1) is 12.3 Å². The van der Waals surface area contributed by atoms with Gasteiger partial charge in [-0.1, -0.05) is 42.1 Å². The first-order chi connectivity index (χ1) is 16.2. The highest BCUT2D eigenvalue weighted by atomic mass is 32.2. The summed E-state index contributed by atoms with van der Waals surface area (Å²) in [6.45, 7) is 10.9. The number of carbonyl (C=O) groups is 2. The third-order valence-electron chi connectivity index (χ3n) is 5.47. The highest BCUT2D eigenvalue weighted by Gasteiger charge is 2.24. The van der Waals surface area contributed by atoms with Gasteiger partial charge in [0.2, 0.25) is 11.8 Å². The fourth-order valence-electron chi connectivity index (χ4n) is 3.89. The SMILES string of the molecule is Cc1nc(SCC(=O)N2CCN(CC(=O)NC(C)(C)C)CC2)c2cc(-c3ccccc3)sc2n1. The van der Waals surface area contributed by atoms with Gasteiger partial charge in [0.15, 0.2) is 0 Å². The van der Waals surface area contributed by atoms with Gasteiger partial charge >= 0.3 is 0 Å². The number of aromatic nitrogens is 2. The lowest BCUT2D eigenvalue weighted by Crippen LogP contribution is -2.53. The summed E-state index contributed by atoms with van der Waals surface area (Å²) in [5.74, 6) is 1.18. The molecule has 34 heavy (non-hydrogen) atoms. The summed E-state index contributed by atoms with van der Waals surface area (Å²) >= 11 is 3.13. The number of nitrogens with zero attached hydrogens (tertiary/aromatic N) is 4. The van der Waals surface area contributed by atoms with Crippen LogP contribution in [0.5, 0.6) is 0 Å². The molecule has 1 N–H and O–H groups in total. The quantitative estimate of drug-likeness (QED) is 0.412. The lowest BCUT2D eigenvalue weighted by atomic mass is 10.1. The molecule has 1 fully saturated rings. The lowest BCUT2D eigenvalue weighted by Gasteiger charge is -2.34. The molecule has 1 saturated heterocycles. The van der Waals surface area contributed by atoms with Crippen LogP contribution >= 0.6 is 23.1 Å². The Kier molecular flexibility index (Phi) is 7.54. The molecule has 9 heteroatoms. The molecular formula is C25H31N5O2S2. The van der Waals surface area contributed by atoms with E-state index in [9.17, 15) is 9.59 Å². The van der Waals surface area contributed by atoms with E-state index < -0.39 is 0 Å². The second-order valence-corrected chi connectivity index (χ2v) is 11.5. The molecule has 0 radical (unpaired) electrons. The van der Waals surface area contributed by atoms with Crippen molar-refractivity contribution in [3.63, 3.8) is 0 Å². The summed E-state index contributed by atoms with van der Waals surface area (Å²) in [5.41, 5.74) is 0.922. The molecule has 2 amide bonds. The van der Waals surface area contributed by atoms with Crippen molar-refractivity contribution in [2.75, 3.05) is 38.5 Å². The van der Waals surface area contributed by atoms with E-state index in [1.807, 2.05) is 50.8 Å². The minimum absolute atomic E-state index is 0.0246. The minimum Gasteiger partial charge on any atom is -0.350 e. The number of carbonyl (C=O) groups excluding carboxylic acids is 2. The predicted octanol–water partition coefficient (Wildman–Crippen LogP) is 3.82. The first kappa shape index (κ1) is 24.6. The zero-order valence-corrected chi connectivity index (χ0v) is 21.8. The second kappa shape index (κ2) is 10.4. The molecule has 7 nitrogen and oxygen atoms in total. The van der Waals surface area contributed by atoms with Crippen LogP contribution in [0.15, 0.2) is 41.4 Å². The van der Waals surface area contributed by atoms with E-state index in [1.54, 1.807) is 11.3 Å². The summed E-state index contributed by atoms with van der Waals surface area (Å²) in [5, 5.41) is 4.85. The van der Waals surface area contributed by atoms with E-state index in [0.29, 0.717) is 44.3 Å². The highest BCUT2D eigenvalue weighted by molar-refractivity contribution is 8.00. The van der Waals surface area contributed by atoms with Crippen molar-refractivity contribution in [2.45, 2.75) is 38.3 Å². The number of rotatable bonds is 6. The van der Waals surface area contributed by atoms with Crippen molar-refractivity contribution in [2.24, 2.45) is 0 Å². The molecule has 3 aromatic rings. The van der Waals surface area contributed by atoms with Crippen LogP contribution in [0.1, 0.15) is 26.6 Å². The molecule has 0 unspecified atom stereocenters. The fraction of sp³-hybridized carbons (Fsp3) is 0.440. The number of piperazine rings is 1. The Morgan fingerprint density at radius 2 is 1.79 bits per heavy atom. The van der Waals surface area contributed by atoms with Gasteiger partial charge in [0.1, 0.15) is 15.7 Å². The molecule has 3 heterocycles. The molecule has 2 aromatic heterocycles. The van der Waals surface area contributed by atoms with E-state index in [2.05, 4.69) is 38.4 Å². The lowest BCUT2D eigenvalue weighted by molar-refractivity contribution is -0.130. The molecule has 0 saturated carbocycles. The third-order valence-corrected chi connectivity index (χ3v) is 7.52. The van der Waals surface area contributed by atoms with Crippen molar-refractivity contribution in [3.05, 3.63) is 42.2 Å². The zero-order valence-electron chi connectivity index (χ0n) is 20.1. The Bertz CT molecular complexity index is 1170. The molecular weight excluding hydrogens is 466 g/mol. The largest absolute Gasteiger partial charge is 0.350 e. The van der Waals surface area contributed by atoms with Crippen molar-refractivity contribution in [1.29, 1.82) is 0 Å². The normalized spacial score (nSPS) is 15.0. The van der Waals surface area contributed by atoms with Crippen molar-refractivity contribution in [1.82, 2.24) is 25.1 Å². The van der Waals surface area contributed by atoms with E-state index in [4.69, 9.17) is 0 Å². The first-order valence-corrected chi connectivity index (χ1v) is 13.3. The summed E-state index contributed by atoms with van der Waals surface area (Å²) < 4.78 is 0. The minimum atomic E-state index is -0.235. The van der Waals surface area contributed by atoms with Gasteiger partial charge < -0.3 is 10.2 Å². The van der Waals surface area contributed by atoms with Gasteiger partial charge in [-0.3, -0.25) is 14.5 Å². The molecule has 0 bridgehead atoms. The van der Waals surface area contributed by atoms with Crippen LogP contribution in [-0.4, -0.2) is 75.6 Å². The summed E-state index contributed by atoms with van der Waals surface area (Å²) in [4.78, 5) is 40.4. The average Bonchev–Trinajstić information content (AvgIpc) is 3.21. The summed E-state index contributed by atoms with van der Waals surface area (Å²) in [6, 6.07) is 12.4. The van der Waals surface area contributed by atoms with Crippen molar-refractivity contribution in [3.8, 4) is 10.4 Å². The van der Waals surface area contributed by atoms with Gasteiger partial charge in [0.25, 0.3) is 0 Å². The van der Waals surface area contributed by atoms with Gasteiger partial charge in [-0.2, -0.15) is 0 Å². The van der Waals surface area contributed by atoms with Crippen molar-refractivity contribution < 1.29 is 9.59 Å². The maximum atomic E-state index is 12.9. The van der Waals surface area contributed by atoms with Gasteiger partial charge in [-0.05, 0) is 39.3 Å². The van der Waals surface area contributed by atoms with Crippen LogP contribution in [-0.2, 0) is 9.59 Å². The highest BCUT2D eigenvalue weighted by Crippen LogP contribution is 2.36. The Hall–Kier alpha value is -2.49. The van der Waals surface area contributed by atoms with Crippen molar-refractivity contribution >= 4 is 45.1 Å². The number of nitrogens with one attached hydrogen (secondary N) is 1. The van der Waals surface area contributed by atoms with Gasteiger partial charge in [-0.15, -0.1) is 11.3 Å². The van der Waals surface area contributed by atoms with Crippen LogP contribution in [0.25, 0.3) is 20.7 Å². The van der Waals surface area contributed by atoms with E-state index in [1.165, 1.54) is 11.8 Å². The fourth-order valence-corrected chi connectivity index (χ4v) is 5.99. The number of fused-ring (bicyclic) bond motifs is 1. The topological polar surface area (TPSA) is 78.4 Å². The summed E-state index contributed by atoms with van der Waals surface area (Å²) in [7, 11) is 0. The van der Waals surface area contributed by atoms with E-state index in [-0.39, 0.29) is 17.4 Å². The zero-order chi connectivity index (χ0) is 24.3. The van der Waals surface area contributed by atoms with E-state index in [0.717, 1.165) is 25.7 Å². The Balaban J connectivity index is 1.35. The molecule has 1 aromatic carbocycles. The van der Waals surface area contributed by atoms with Crippen LogP contribution in [0.2, 0.25) is 0 Å². The number of hydrogen-bond donors (Lipinski definition) is 1. The molecule has 0 aliphatic carbocycles. The van der Waals surface area contributed by atoms with Crippen LogP contribution in [0.4, 0.5) is 0 Å². The maximum absolute atomic E-state index is 12.9. The van der Waals surface area contributed by atoms with Crippen LogP contribution in [0, 0.1) is 6.92 Å². The standard InChI is InChI=1S/C25H31N5O2S2/c1-17-26-23(19-14-20(34-24(19)27-17)18-8-6-5-7-9-18)33-16-22(32)30-12-10-29(11-13-30)15-21(31)28-25(2,3)4/h5-9,14H,10-13,15-16H2,1-4H3,(H,28,31). The third kappa shape index (κ3) is 6.34. The average molecular weight is 498 g/mol. The second-order valence-electron chi connectivity index (χ2n) is 9.52. The number of amides is 2. The number of thiophene rings is 1. The molecule has 180 valence electrons. The Labute approximate surface area is 209 Å². The Morgan fingerprint density at radius 3 is 2.47 bits per heavy atom. The maximum Gasteiger partial charge on any atom is 0.234 e. The van der Waals surface area contributed by atoms with Gasteiger partial charge in [0, 0.05) is 42.0 Å². The van der Waals surface area contributed by atoms with Crippen LogP contribution < -0.4 is 5.32 Å². The predicted molar refractivity (Wildman–Crippen MR) is 139 cm³/mol. The molecule has 1 aliphatic rings. The molecule has 0 atom stereocenters. The first-order valence-electron chi connectivity index (χ1n) is 11.5. The van der Waals surface area contributed by atoms with Gasteiger partial charge in [-0.25, -0.2) is 9.97 Å². The molecule has 4 rings (SSSR count). The smallest absolute Gasteiger partial charge is 0.234 e.